The molecule has 1 N–H and O–H groups in total. The summed E-state index contributed by atoms with van der Waals surface area (Å²) in [6, 6.07) is 3.17. The van der Waals surface area contributed by atoms with E-state index in [9.17, 15) is 14.0 Å². The van der Waals surface area contributed by atoms with Gasteiger partial charge in [0.05, 0.1) is 33.9 Å². The van der Waals surface area contributed by atoms with Crippen LogP contribution in [-0.2, 0) is 22.7 Å². The molecule has 0 saturated carbocycles. The minimum Gasteiger partial charge on any atom is -0.493 e. The van der Waals surface area contributed by atoms with E-state index in [-0.39, 0.29) is 68.1 Å². The number of fused-ring (bicyclic) bond motifs is 1. The van der Waals surface area contributed by atoms with Crippen molar-refractivity contribution in [2.75, 3.05) is 27.4 Å². The van der Waals surface area contributed by atoms with E-state index in [0.717, 1.165) is 0 Å². The first kappa shape index (κ1) is 26.4. The highest BCUT2D eigenvalue weighted by Gasteiger charge is 2.30. The number of rotatable bonds is 11. The number of ether oxygens (including phenoxy) is 4. The van der Waals surface area contributed by atoms with Gasteiger partial charge in [-0.15, -0.1) is 12.6 Å². The minimum atomic E-state index is -1.07. The monoisotopic (exact) mass is 511 g/mol. The standard InChI is InChI=1S/C24H27F2NO7S/c1-13-18(35)10-17(32-3)23(21(13)25)33-7-4-8-34-24-16(31-2)9-14-11-27(12-15(14)22(24)26)19(28)5-6-20(29)30/h9-10,35H,4-8,11-12H2,1-3H3,(H,29,30). The molecule has 1 aliphatic heterocycles. The van der Waals surface area contributed by atoms with Crippen molar-refractivity contribution in [2.45, 2.75) is 44.2 Å². The first-order chi connectivity index (χ1) is 16.7. The Morgan fingerprint density at radius 2 is 1.60 bits per heavy atom. The second-order valence-corrected chi connectivity index (χ2v) is 8.40. The lowest BCUT2D eigenvalue weighted by Gasteiger charge is -2.16. The molecule has 0 bridgehead atoms. The Balaban J connectivity index is 1.62. The van der Waals surface area contributed by atoms with Crippen molar-refractivity contribution in [3.05, 3.63) is 40.5 Å². The number of hydrogen-bond donors (Lipinski definition) is 2. The number of carboxylic acids is 1. The minimum absolute atomic E-state index is 0.0165. The van der Waals surface area contributed by atoms with Crippen molar-refractivity contribution >= 4 is 24.5 Å². The van der Waals surface area contributed by atoms with Gasteiger partial charge in [0.15, 0.2) is 34.6 Å². The Kier molecular flexibility index (Phi) is 8.66. The highest BCUT2D eigenvalue weighted by molar-refractivity contribution is 7.80. The van der Waals surface area contributed by atoms with Crippen molar-refractivity contribution in [3.63, 3.8) is 0 Å². The second kappa shape index (κ2) is 11.5. The summed E-state index contributed by atoms with van der Waals surface area (Å²) in [5.74, 6) is -2.38. The molecule has 0 spiro atoms. The molecule has 0 atom stereocenters. The predicted octanol–water partition coefficient (Wildman–Crippen LogP) is 4.13. The molecule has 0 saturated heterocycles. The number of nitrogens with zero attached hydrogens (tertiary/aromatic N) is 1. The molecule has 0 aliphatic carbocycles. The quantitative estimate of drug-likeness (QED) is 0.346. The molecule has 1 amide bonds. The van der Waals surface area contributed by atoms with Crippen LogP contribution in [0.4, 0.5) is 8.78 Å². The maximum Gasteiger partial charge on any atom is 0.303 e. The SMILES string of the molecule is COc1cc(S)c(C)c(F)c1OCCCOc1c(OC)cc2c(c1F)CN(C(=O)CCC(=O)O)C2. The molecule has 0 aromatic heterocycles. The Hall–Kier alpha value is -3.21. The van der Waals surface area contributed by atoms with Gasteiger partial charge in [0.2, 0.25) is 5.91 Å². The van der Waals surface area contributed by atoms with Crippen LogP contribution in [0.1, 0.15) is 36.0 Å². The van der Waals surface area contributed by atoms with Crippen molar-refractivity contribution < 1.29 is 42.4 Å². The zero-order valence-electron chi connectivity index (χ0n) is 19.7. The van der Waals surface area contributed by atoms with E-state index in [2.05, 4.69) is 12.6 Å². The first-order valence-corrected chi connectivity index (χ1v) is 11.3. The van der Waals surface area contributed by atoms with Crippen LogP contribution >= 0.6 is 12.6 Å². The van der Waals surface area contributed by atoms with E-state index >= 15 is 4.39 Å². The third-order valence-corrected chi connectivity index (χ3v) is 6.09. The number of aliphatic carboxylic acids is 1. The smallest absolute Gasteiger partial charge is 0.303 e. The summed E-state index contributed by atoms with van der Waals surface area (Å²) in [4.78, 5) is 24.8. The Morgan fingerprint density at radius 1 is 1.00 bits per heavy atom. The van der Waals surface area contributed by atoms with Crippen LogP contribution in [0.3, 0.4) is 0 Å². The zero-order valence-corrected chi connectivity index (χ0v) is 20.5. The van der Waals surface area contributed by atoms with Gasteiger partial charge < -0.3 is 29.0 Å². The van der Waals surface area contributed by atoms with Gasteiger partial charge in [-0.1, -0.05) is 0 Å². The van der Waals surface area contributed by atoms with Crippen molar-refractivity contribution in [1.82, 2.24) is 4.90 Å². The highest BCUT2D eigenvalue weighted by Crippen LogP contribution is 2.39. The summed E-state index contributed by atoms with van der Waals surface area (Å²) < 4.78 is 51.4. The summed E-state index contributed by atoms with van der Waals surface area (Å²) in [7, 11) is 2.78. The van der Waals surface area contributed by atoms with Crippen LogP contribution in [-0.4, -0.2) is 49.3 Å². The molecule has 0 fully saturated rings. The average molecular weight is 512 g/mol. The molecule has 190 valence electrons. The molecular weight excluding hydrogens is 484 g/mol. The summed E-state index contributed by atoms with van der Waals surface area (Å²) in [6.45, 7) is 1.90. The molecule has 3 rings (SSSR count). The number of carbonyl (C=O) groups is 2. The van der Waals surface area contributed by atoms with Crippen molar-refractivity contribution in [2.24, 2.45) is 0 Å². The molecule has 0 unspecified atom stereocenters. The summed E-state index contributed by atoms with van der Waals surface area (Å²) in [5.41, 5.74) is 1.21. The molecule has 2 aromatic rings. The lowest BCUT2D eigenvalue weighted by Crippen LogP contribution is -2.25. The predicted molar refractivity (Wildman–Crippen MR) is 125 cm³/mol. The number of halogens is 2. The summed E-state index contributed by atoms with van der Waals surface area (Å²) >= 11 is 4.21. The highest BCUT2D eigenvalue weighted by atomic mass is 32.1. The normalized spacial score (nSPS) is 12.3. The van der Waals surface area contributed by atoms with Gasteiger partial charge in [0.25, 0.3) is 0 Å². The lowest BCUT2D eigenvalue weighted by molar-refractivity contribution is -0.141. The van der Waals surface area contributed by atoms with Gasteiger partial charge in [-0.25, -0.2) is 8.78 Å². The van der Waals surface area contributed by atoms with Gasteiger partial charge in [0.1, 0.15) is 0 Å². The first-order valence-electron chi connectivity index (χ1n) is 10.9. The molecule has 1 aliphatic rings. The van der Waals surface area contributed by atoms with Crippen LogP contribution in [0.5, 0.6) is 23.0 Å². The van der Waals surface area contributed by atoms with Gasteiger partial charge >= 0.3 is 5.97 Å². The van der Waals surface area contributed by atoms with E-state index < -0.39 is 17.6 Å². The number of methoxy groups -OCH3 is 2. The van der Waals surface area contributed by atoms with Gasteiger partial charge in [-0.2, -0.15) is 0 Å². The van der Waals surface area contributed by atoms with Gasteiger partial charge in [0, 0.05) is 42.0 Å². The van der Waals surface area contributed by atoms with Crippen molar-refractivity contribution in [1.29, 1.82) is 0 Å². The summed E-state index contributed by atoms with van der Waals surface area (Å²) in [5, 5.41) is 8.78. The largest absolute Gasteiger partial charge is 0.493 e. The van der Waals surface area contributed by atoms with Gasteiger partial charge in [-0.3, -0.25) is 9.59 Å². The van der Waals surface area contributed by atoms with Crippen LogP contribution in [0, 0.1) is 18.6 Å². The number of amides is 1. The maximum atomic E-state index is 15.2. The molecular formula is C24H27F2NO7S. The van der Waals surface area contributed by atoms with E-state index in [1.165, 1.54) is 19.1 Å². The van der Waals surface area contributed by atoms with Crippen LogP contribution in [0.25, 0.3) is 0 Å². The summed E-state index contributed by atoms with van der Waals surface area (Å²) in [6.07, 6.45) is -0.140. The Labute approximate surface area is 207 Å². The fourth-order valence-electron chi connectivity index (χ4n) is 3.68. The number of thiol groups is 1. The van der Waals surface area contributed by atoms with Crippen molar-refractivity contribution in [3.8, 4) is 23.0 Å². The van der Waals surface area contributed by atoms with Gasteiger partial charge in [-0.05, 0) is 24.6 Å². The third kappa shape index (κ3) is 5.90. The number of carboxylic acid groups (broad SMARTS) is 1. The Morgan fingerprint density at radius 3 is 2.20 bits per heavy atom. The van der Waals surface area contributed by atoms with Crippen LogP contribution < -0.4 is 18.9 Å². The maximum absolute atomic E-state index is 15.2. The Bertz CT molecular complexity index is 1130. The number of carbonyl (C=O) groups excluding carboxylic acids is 1. The molecule has 11 heteroatoms. The van der Waals surface area contributed by atoms with E-state index in [1.54, 1.807) is 19.1 Å². The number of benzene rings is 2. The molecule has 35 heavy (non-hydrogen) atoms. The topological polar surface area (TPSA) is 94.5 Å². The van der Waals surface area contributed by atoms with E-state index in [4.69, 9.17) is 24.1 Å². The van der Waals surface area contributed by atoms with Crippen LogP contribution in [0.2, 0.25) is 0 Å². The van der Waals surface area contributed by atoms with E-state index in [1.807, 2.05) is 0 Å². The molecule has 2 aromatic carbocycles. The zero-order chi connectivity index (χ0) is 25.7. The molecule has 0 radical (unpaired) electrons. The van der Waals surface area contributed by atoms with Crippen LogP contribution in [0.15, 0.2) is 17.0 Å². The average Bonchev–Trinajstić information content (AvgIpc) is 3.27. The lowest BCUT2D eigenvalue weighted by atomic mass is 10.1. The number of hydrogen-bond acceptors (Lipinski definition) is 7. The molecule has 1 heterocycles. The fourth-order valence-corrected chi connectivity index (χ4v) is 3.89. The fraction of sp³-hybridized carbons (Fsp3) is 0.417. The third-order valence-electron chi connectivity index (χ3n) is 5.62. The molecule has 8 nitrogen and oxygen atoms in total. The van der Waals surface area contributed by atoms with E-state index in [0.29, 0.717) is 28.0 Å². The second-order valence-electron chi connectivity index (χ2n) is 7.92.